The first-order valence-corrected chi connectivity index (χ1v) is 10.2. The average molecular weight is 421 g/mol. The number of aromatic hydroxyl groups is 1. The predicted octanol–water partition coefficient (Wildman–Crippen LogP) is 3.57. The minimum atomic E-state index is -0.954. The smallest absolute Gasteiger partial charge is 0.278 e. The molecule has 2 heterocycles. The molecule has 1 amide bonds. The van der Waals surface area contributed by atoms with Crippen LogP contribution in [-0.2, 0) is 6.67 Å². The van der Waals surface area contributed by atoms with Crippen LogP contribution in [0.15, 0.2) is 71.5 Å². The highest BCUT2D eigenvalue weighted by molar-refractivity contribution is 5.96. The van der Waals surface area contributed by atoms with Crippen LogP contribution in [0.2, 0.25) is 0 Å². The van der Waals surface area contributed by atoms with Crippen molar-refractivity contribution in [3.8, 4) is 5.75 Å². The average Bonchev–Trinajstić information content (AvgIpc) is 2.78. The maximum atomic E-state index is 14.1. The summed E-state index contributed by atoms with van der Waals surface area (Å²) in [4.78, 5) is 27.1. The SMILES string of the molecule is CC(C)N1CN(C(c2ccccc2)c2ccccc2)n2c(CF)cc(=O)c(O)c2C1=O. The Morgan fingerprint density at radius 2 is 1.52 bits per heavy atom. The Bertz CT molecular complexity index is 1110. The second-order valence-electron chi connectivity index (χ2n) is 7.82. The van der Waals surface area contributed by atoms with Gasteiger partial charge in [-0.2, -0.15) is 0 Å². The molecule has 31 heavy (non-hydrogen) atoms. The van der Waals surface area contributed by atoms with Crippen molar-refractivity contribution in [3.05, 3.63) is 99.5 Å². The lowest BCUT2D eigenvalue weighted by Crippen LogP contribution is -2.58. The van der Waals surface area contributed by atoms with Gasteiger partial charge in [-0.1, -0.05) is 60.7 Å². The number of rotatable bonds is 5. The molecule has 3 aromatic rings. The summed E-state index contributed by atoms with van der Waals surface area (Å²) < 4.78 is 15.4. The first-order chi connectivity index (χ1) is 14.9. The molecule has 0 radical (unpaired) electrons. The van der Waals surface area contributed by atoms with Crippen LogP contribution >= 0.6 is 0 Å². The molecule has 7 heteroatoms. The second kappa shape index (κ2) is 8.26. The maximum Gasteiger partial charge on any atom is 0.278 e. The summed E-state index contributed by atoms with van der Waals surface area (Å²) in [5, 5.41) is 12.4. The van der Waals surface area contributed by atoms with E-state index < -0.39 is 23.8 Å². The Balaban J connectivity index is 2.02. The number of pyridine rings is 1. The zero-order valence-electron chi connectivity index (χ0n) is 17.4. The fourth-order valence-corrected chi connectivity index (χ4v) is 4.04. The lowest BCUT2D eigenvalue weighted by atomic mass is 9.98. The predicted molar refractivity (Wildman–Crippen MR) is 116 cm³/mol. The van der Waals surface area contributed by atoms with Gasteiger partial charge in [0.1, 0.15) is 13.3 Å². The Morgan fingerprint density at radius 1 is 0.968 bits per heavy atom. The van der Waals surface area contributed by atoms with Crippen LogP contribution in [0.4, 0.5) is 4.39 Å². The Kier molecular flexibility index (Phi) is 5.50. The third-order valence-electron chi connectivity index (χ3n) is 5.55. The molecule has 0 fully saturated rings. The van der Waals surface area contributed by atoms with Gasteiger partial charge in [0.15, 0.2) is 11.4 Å². The number of hydrogen-bond acceptors (Lipinski definition) is 4. The normalized spacial score (nSPS) is 13.8. The van der Waals surface area contributed by atoms with Crippen LogP contribution in [0.3, 0.4) is 0 Å². The van der Waals surface area contributed by atoms with Gasteiger partial charge in [0, 0.05) is 12.1 Å². The van der Waals surface area contributed by atoms with Gasteiger partial charge in [-0.25, -0.2) is 9.07 Å². The summed E-state index contributed by atoms with van der Waals surface area (Å²) in [7, 11) is 0. The second-order valence-corrected chi connectivity index (χ2v) is 7.82. The van der Waals surface area contributed by atoms with E-state index in [-0.39, 0.29) is 30.1 Å². The number of carbonyl (C=O) groups excluding carboxylic acids is 1. The van der Waals surface area contributed by atoms with E-state index in [1.807, 2.05) is 79.5 Å². The Labute approximate surface area is 179 Å². The van der Waals surface area contributed by atoms with Gasteiger partial charge < -0.3 is 10.0 Å². The lowest BCUT2D eigenvalue weighted by Gasteiger charge is -2.46. The van der Waals surface area contributed by atoms with E-state index in [0.717, 1.165) is 17.2 Å². The number of hydrogen-bond donors (Lipinski definition) is 1. The van der Waals surface area contributed by atoms with E-state index in [2.05, 4.69) is 0 Å². The third kappa shape index (κ3) is 3.56. The number of benzene rings is 2. The standard InChI is InChI=1S/C24H24FN3O3/c1-16(2)26-15-27(28-19(14-25)13-20(29)23(30)22(28)24(26)31)21(17-9-5-3-6-10-17)18-11-7-4-8-12-18/h3-13,16,21,30H,14-15H2,1-2H3. The monoisotopic (exact) mass is 421 g/mol. The number of aromatic nitrogens is 1. The summed E-state index contributed by atoms with van der Waals surface area (Å²) in [5.74, 6) is -1.17. The van der Waals surface area contributed by atoms with E-state index in [9.17, 15) is 19.1 Å². The molecule has 0 aliphatic carbocycles. The molecule has 1 aromatic heterocycles. The summed E-state index contributed by atoms with van der Waals surface area (Å²) in [6.07, 6.45) is 0. The van der Waals surface area contributed by atoms with Crippen molar-refractivity contribution in [3.63, 3.8) is 0 Å². The van der Waals surface area contributed by atoms with Crippen molar-refractivity contribution in [2.24, 2.45) is 0 Å². The van der Waals surface area contributed by atoms with Gasteiger partial charge >= 0.3 is 0 Å². The Hall–Kier alpha value is -3.61. The zero-order chi connectivity index (χ0) is 22.1. The van der Waals surface area contributed by atoms with Crippen LogP contribution < -0.4 is 10.4 Å². The van der Waals surface area contributed by atoms with Gasteiger partial charge in [0.05, 0.1) is 11.7 Å². The molecule has 2 aromatic carbocycles. The minimum absolute atomic E-state index is 0.0198. The largest absolute Gasteiger partial charge is 0.502 e. The van der Waals surface area contributed by atoms with Crippen LogP contribution in [0, 0.1) is 0 Å². The molecular formula is C24H24FN3O3. The topological polar surface area (TPSA) is 65.8 Å². The molecule has 1 aliphatic heterocycles. The van der Waals surface area contributed by atoms with Crippen LogP contribution in [-0.4, -0.2) is 33.3 Å². The molecule has 0 spiro atoms. The molecule has 0 bridgehead atoms. The van der Waals surface area contributed by atoms with Crippen LogP contribution in [0.5, 0.6) is 5.75 Å². The molecule has 1 aliphatic rings. The Morgan fingerprint density at radius 3 is 2.00 bits per heavy atom. The quantitative estimate of drug-likeness (QED) is 0.684. The molecule has 0 saturated heterocycles. The first-order valence-electron chi connectivity index (χ1n) is 10.2. The third-order valence-corrected chi connectivity index (χ3v) is 5.55. The van der Waals surface area contributed by atoms with Crippen molar-refractivity contribution < 1.29 is 14.3 Å². The zero-order valence-corrected chi connectivity index (χ0v) is 17.4. The van der Waals surface area contributed by atoms with Crippen molar-refractivity contribution in [1.29, 1.82) is 0 Å². The molecule has 0 atom stereocenters. The maximum absolute atomic E-state index is 14.1. The number of alkyl halides is 1. The van der Waals surface area contributed by atoms with Gasteiger partial charge in [-0.3, -0.25) is 14.6 Å². The number of halogens is 1. The van der Waals surface area contributed by atoms with Crippen molar-refractivity contribution in [1.82, 2.24) is 9.58 Å². The van der Waals surface area contributed by atoms with E-state index in [1.165, 1.54) is 4.68 Å². The van der Waals surface area contributed by atoms with Gasteiger partial charge in [0.2, 0.25) is 5.43 Å². The number of fused-ring (bicyclic) bond motifs is 1. The molecule has 6 nitrogen and oxygen atoms in total. The summed E-state index contributed by atoms with van der Waals surface area (Å²) in [6, 6.07) is 19.8. The molecule has 160 valence electrons. The highest BCUT2D eigenvalue weighted by atomic mass is 19.1. The fourth-order valence-electron chi connectivity index (χ4n) is 4.04. The molecule has 1 N–H and O–H groups in total. The molecule has 0 saturated carbocycles. The number of nitrogens with zero attached hydrogens (tertiary/aromatic N) is 3. The summed E-state index contributed by atoms with van der Waals surface area (Å²) in [5.41, 5.74) is 0.901. The number of carbonyl (C=O) groups is 1. The van der Waals surface area contributed by atoms with E-state index in [0.29, 0.717) is 0 Å². The highest BCUT2D eigenvalue weighted by Crippen LogP contribution is 2.33. The van der Waals surface area contributed by atoms with Crippen LogP contribution in [0.25, 0.3) is 0 Å². The highest BCUT2D eigenvalue weighted by Gasteiger charge is 2.38. The van der Waals surface area contributed by atoms with Crippen molar-refractivity contribution >= 4 is 5.91 Å². The van der Waals surface area contributed by atoms with Crippen molar-refractivity contribution in [2.75, 3.05) is 11.7 Å². The minimum Gasteiger partial charge on any atom is -0.502 e. The molecule has 0 unspecified atom stereocenters. The lowest BCUT2D eigenvalue weighted by molar-refractivity contribution is 0.0617. The van der Waals surface area contributed by atoms with Gasteiger partial charge in [-0.15, -0.1) is 0 Å². The molecule has 4 rings (SSSR count). The van der Waals surface area contributed by atoms with E-state index in [4.69, 9.17) is 0 Å². The van der Waals surface area contributed by atoms with E-state index in [1.54, 1.807) is 4.90 Å². The van der Waals surface area contributed by atoms with Crippen LogP contribution in [0.1, 0.15) is 47.2 Å². The summed E-state index contributed by atoms with van der Waals surface area (Å²) >= 11 is 0. The fraction of sp³-hybridized carbons (Fsp3) is 0.250. The first kappa shape index (κ1) is 20.7. The van der Waals surface area contributed by atoms with Crippen molar-refractivity contribution in [2.45, 2.75) is 32.6 Å². The summed E-state index contributed by atoms with van der Waals surface area (Å²) in [6.45, 7) is 2.93. The van der Waals surface area contributed by atoms with Gasteiger partial charge in [-0.05, 0) is 25.0 Å². The molecular weight excluding hydrogens is 397 g/mol. The number of amides is 1. The van der Waals surface area contributed by atoms with Gasteiger partial charge in [0.25, 0.3) is 5.91 Å². The van der Waals surface area contributed by atoms with E-state index >= 15 is 0 Å².